The van der Waals surface area contributed by atoms with Crippen molar-refractivity contribution in [3.63, 3.8) is 0 Å². The van der Waals surface area contributed by atoms with Crippen molar-refractivity contribution in [1.29, 1.82) is 0 Å². The van der Waals surface area contributed by atoms with Crippen LogP contribution in [0, 0.1) is 0 Å². The van der Waals surface area contributed by atoms with Crippen LogP contribution in [0.15, 0.2) is 18.2 Å². The molecule has 0 amide bonds. The summed E-state index contributed by atoms with van der Waals surface area (Å²) in [7, 11) is 0. The summed E-state index contributed by atoms with van der Waals surface area (Å²) < 4.78 is 0. The molecule has 82 valence electrons. The van der Waals surface area contributed by atoms with Crippen molar-refractivity contribution in [3.8, 4) is 0 Å². The maximum Gasteiger partial charge on any atom is 0.0682 e. The Bertz CT molecular complexity index is 339. The number of aliphatic hydroxyl groups excluding tert-OH is 1. The van der Waals surface area contributed by atoms with Crippen LogP contribution in [0.25, 0.3) is 0 Å². The highest BCUT2D eigenvalue weighted by Gasteiger charge is 2.16. The fourth-order valence-electron chi connectivity index (χ4n) is 1.65. The van der Waals surface area contributed by atoms with Crippen molar-refractivity contribution in [2.24, 2.45) is 0 Å². The number of rotatable bonds is 3. The van der Waals surface area contributed by atoms with Gasteiger partial charge < -0.3 is 10.4 Å². The van der Waals surface area contributed by atoms with Gasteiger partial charge in [0.15, 0.2) is 0 Å². The normalized spacial score (nSPS) is 20.5. The van der Waals surface area contributed by atoms with Gasteiger partial charge in [-0.1, -0.05) is 17.7 Å². The maximum atomic E-state index is 9.04. The summed E-state index contributed by atoms with van der Waals surface area (Å²) in [6.07, 6.45) is 1.18. The van der Waals surface area contributed by atoms with Gasteiger partial charge in [-0.2, -0.15) is 11.8 Å². The molecule has 0 aliphatic carbocycles. The Labute approximate surface area is 99.0 Å². The fourth-order valence-corrected chi connectivity index (χ4v) is 2.97. The second kappa shape index (κ2) is 5.10. The number of thioether (sulfide) groups is 1. The standard InChI is InChI=1S/C11H14ClNOS/c12-10-2-1-8(6-14)5-11(10)13-9-3-4-15-7-9/h1-2,5,9,13-14H,3-4,6-7H2. The van der Waals surface area contributed by atoms with E-state index in [-0.39, 0.29) is 6.61 Å². The lowest BCUT2D eigenvalue weighted by Gasteiger charge is -2.14. The van der Waals surface area contributed by atoms with Crippen molar-refractivity contribution >= 4 is 29.1 Å². The third kappa shape index (κ3) is 2.80. The van der Waals surface area contributed by atoms with Crippen LogP contribution < -0.4 is 5.32 Å². The molecule has 1 atom stereocenters. The smallest absolute Gasteiger partial charge is 0.0682 e. The summed E-state index contributed by atoms with van der Waals surface area (Å²) in [6, 6.07) is 6.11. The first-order valence-corrected chi connectivity index (χ1v) is 6.56. The van der Waals surface area contributed by atoms with E-state index in [1.807, 2.05) is 30.0 Å². The van der Waals surface area contributed by atoms with Gasteiger partial charge in [0.25, 0.3) is 0 Å². The number of benzene rings is 1. The van der Waals surface area contributed by atoms with E-state index in [1.165, 1.54) is 12.2 Å². The molecule has 1 aromatic carbocycles. The average Bonchev–Trinajstić information content (AvgIpc) is 2.74. The Morgan fingerprint density at radius 1 is 1.53 bits per heavy atom. The van der Waals surface area contributed by atoms with Gasteiger partial charge in [-0.15, -0.1) is 0 Å². The predicted molar refractivity (Wildman–Crippen MR) is 66.7 cm³/mol. The van der Waals surface area contributed by atoms with Gasteiger partial charge in [0.05, 0.1) is 17.3 Å². The molecule has 2 N–H and O–H groups in total. The van der Waals surface area contributed by atoms with Gasteiger partial charge in [-0.25, -0.2) is 0 Å². The van der Waals surface area contributed by atoms with Crippen molar-refractivity contribution in [2.45, 2.75) is 19.1 Å². The predicted octanol–water partition coefficient (Wildman–Crippen LogP) is 2.75. The molecule has 1 aliphatic rings. The lowest BCUT2D eigenvalue weighted by Crippen LogP contribution is -2.18. The van der Waals surface area contributed by atoms with Crippen LogP contribution in [0.2, 0.25) is 5.02 Å². The van der Waals surface area contributed by atoms with E-state index in [2.05, 4.69) is 5.32 Å². The minimum Gasteiger partial charge on any atom is -0.392 e. The van der Waals surface area contributed by atoms with Crippen LogP contribution in [-0.2, 0) is 6.61 Å². The highest BCUT2D eigenvalue weighted by molar-refractivity contribution is 7.99. The highest BCUT2D eigenvalue weighted by atomic mass is 35.5. The van der Waals surface area contributed by atoms with Crippen molar-refractivity contribution in [3.05, 3.63) is 28.8 Å². The Hall–Kier alpha value is -0.380. The zero-order valence-corrected chi connectivity index (χ0v) is 9.94. The molecule has 0 spiro atoms. The van der Waals surface area contributed by atoms with E-state index in [9.17, 15) is 0 Å². The van der Waals surface area contributed by atoms with Crippen LogP contribution >= 0.6 is 23.4 Å². The molecular weight excluding hydrogens is 230 g/mol. The highest BCUT2D eigenvalue weighted by Crippen LogP contribution is 2.27. The summed E-state index contributed by atoms with van der Waals surface area (Å²) in [5, 5.41) is 13.2. The van der Waals surface area contributed by atoms with E-state index < -0.39 is 0 Å². The van der Waals surface area contributed by atoms with Crippen molar-refractivity contribution in [2.75, 3.05) is 16.8 Å². The second-order valence-electron chi connectivity index (χ2n) is 3.68. The zero-order valence-electron chi connectivity index (χ0n) is 8.37. The third-order valence-electron chi connectivity index (χ3n) is 2.50. The molecule has 1 aliphatic heterocycles. The van der Waals surface area contributed by atoms with E-state index >= 15 is 0 Å². The Morgan fingerprint density at radius 3 is 3.07 bits per heavy atom. The molecule has 0 saturated carbocycles. The Kier molecular flexibility index (Phi) is 3.78. The second-order valence-corrected chi connectivity index (χ2v) is 5.23. The first-order chi connectivity index (χ1) is 7.29. The van der Waals surface area contributed by atoms with Crippen molar-refractivity contribution in [1.82, 2.24) is 0 Å². The van der Waals surface area contributed by atoms with Crippen LogP contribution in [-0.4, -0.2) is 22.7 Å². The molecular formula is C11H14ClNOS. The summed E-state index contributed by atoms with van der Waals surface area (Å²) in [5.41, 5.74) is 1.84. The lowest BCUT2D eigenvalue weighted by molar-refractivity contribution is 0.282. The number of hydrogen-bond donors (Lipinski definition) is 2. The molecule has 0 aromatic heterocycles. The summed E-state index contributed by atoms with van der Waals surface area (Å²) in [6.45, 7) is 0.0608. The van der Waals surface area contributed by atoms with E-state index in [1.54, 1.807) is 0 Å². The van der Waals surface area contributed by atoms with Gasteiger partial charge in [-0.3, -0.25) is 0 Å². The number of hydrogen-bond acceptors (Lipinski definition) is 3. The zero-order chi connectivity index (χ0) is 10.7. The van der Waals surface area contributed by atoms with Crippen LogP contribution in [0.1, 0.15) is 12.0 Å². The van der Waals surface area contributed by atoms with E-state index in [4.69, 9.17) is 16.7 Å². The van der Waals surface area contributed by atoms with Crippen molar-refractivity contribution < 1.29 is 5.11 Å². The molecule has 0 radical (unpaired) electrons. The van der Waals surface area contributed by atoms with E-state index in [0.29, 0.717) is 6.04 Å². The van der Waals surface area contributed by atoms with Crippen LogP contribution in [0.3, 0.4) is 0 Å². The molecule has 1 unspecified atom stereocenters. The average molecular weight is 244 g/mol. The SMILES string of the molecule is OCc1ccc(Cl)c(NC2CCSC2)c1. The fraction of sp³-hybridized carbons (Fsp3) is 0.455. The quantitative estimate of drug-likeness (QED) is 0.856. The summed E-state index contributed by atoms with van der Waals surface area (Å²) >= 11 is 8.04. The largest absolute Gasteiger partial charge is 0.392 e. The minimum absolute atomic E-state index is 0.0608. The summed E-state index contributed by atoms with van der Waals surface area (Å²) in [5.74, 6) is 2.36. The Morgan fingerprint density at radius 2 is 2.40 bits per heavy atom. The lowest BCUT2D eigenvalue weighted by atomic mass is 10.2. The molecule has 1 heterocycles. The first-order valence-electron chi connectivity index (χ1n) is 5.03. The Balaban J connectivity index is 2.11. The molecule has 4 heteroatoms. The number of anilines is 1. The molecule has 1 fully saturated rings. The number of aliphatic hydroxyl groups is 1. The molecule has 2 rings (SSSR count). The van der Waals surface area contributed by atoms with Gasteiger partial charge >= 0.3 is 0 Å². The van der Waals surface area contributed by atoms with Gasteiger partial charge in [0.2, 0.25) is 0 Å². The molecule has 1 saturated heterocycles. The van der Waals surface area contributed by atoms with Gasteiger partial charge in [0, 0.05) is 11.8 Å². The van der Waals surface area contributed by atoms with Crippen LogP contribution in [0.4, 0.5) is 5.69 Å². The molecule has 1 aromatic rings. The summed E-state index contributed by atoms with van der Waals surface area (Å²) in [4.78, 5) is 0. The topological polar surface area (TPSA) is 32.3 Å². The minimum atomic E-state index is 0.0608. The molecule has 0 bridgehead atoms. The van der Waals surface area contributed by atoms with Crippen LogP contribution in [0.5, 0.6) is 0 Å². The van der Waals surface area contributed by atoms with E-state index in [0.717, 1.165) is 22.0 Å². The third-order valence-corrected chi connectivity index (χ3v) is 3.99. The van der Waals surface area contributed by atoms with Gasteiger partial charge in [0.1, 0.15) is 0 Å². The first kappa shape index (κ1) is 11.1. The number of nitrogens with one attached hydrogen (secondary N) is 1. The molecule has 2 nitrogen and oxygen atoms in total. The molecule has 15 heavy (non-hydrogen) atoms. The number of halogens is 1. The monoisotopic (exact) mass is 243 g/mol. The van der Waals surface area contributed by atoms with Gasteiger partial charge in [-0.05, 0) is 29.9 Å². The maximum absolute atomic E-state index is 9.04.